The molecule has 3 rings (SSSR count). The molecule has 2 N–H and O–H groups in total. The summed E-state index contributed by atoms with van der Waals surface area (Å²) in [6, 6.07) is 7.56. The topological polar surface area (TPSA) is 75.6 Å². The third-order valence-corrected chi connectivity index (χ3v) is 3.97. The van der Waals surface area contributed by atoms with Crippen molar-refractivity contribution >= 4 is 39.1 Å². The smallest absolute Gasteiger partial charge is 0.274 e. The normalized spacial score (nSPS) is 10.6. The monoisotopic (exact) mass is 379 g/mol. The first-order valence-corrected chi connectivity index (χ1v) is 7.56. The number of nitrogens with zero attached hydrogens (tertiary/aromatic N) is 3. The molecule has 1 amide bonds. The molecular weight excluding hydrogens is 370 g/mol. The lowest BCUT2D eigenvalue weighted by atomic mass is 10.2. The Hall–Kier alpha value is -2.12. The zero-order valence-corrected chi connectivity index (χ0v) is 13.6. The number of hydrogen-bond acceptors (Lipinski definition) is 3. The van der Waals surface area contributed by atoms with E-state index in [1.165, 1.54) is 6.20 Å². The first-order valence-electron chi connectivity index (χ1n) is 6.39. The van der Waals surface area contributed by atoms with E-state index < -0.39 is 0 Å². The minimum atomic E-state index is -0.290. The molecule has 0 bridgehead atoms. The molecule has 1 aromatic carbocycles. The fraction of sp³-hybridized carbons (Fsp3) is 0.0714. The number of aromatic nitrogens is 4. The van der Waals surface area contributed by atoms with Gasteiger partial charge in [0.05, 0.1) is 29.1 Å². The highest BCUT2D eigenvalue weighted by molar-refractivity contribution is 9.10. The van der Waals surface area contributed by atoms with E-state index in [-0.39, 0.29) is 5.91 Å². The molecule has 0 saturated heterocycles. The highest BCUT2D eigenvalue weighted by Gasteiger charge is 2.13. The van der Waals surface area contributed by atoms with Gasteiger partial charge in [-0.05, 0) is 27.6 Å². The van der Waals surface area contributed by atoms with Gasteiger partial charge >= 0.3 is 0 Å². The van der Waals surface area contributed by atoms with E-state index in [2.05, 4.69) is 36.5 Å². The maximum Gasteiger partial charge on any atom is 0.274 e. The second-order valence-electron chi connectivity index (χ2n) is 4.57. The number of amides is 1. The summed E-state index contributed by atoms with van der Waals surface area (Å²) < 4.78 is 2.31. The van der Waals surface area contributed by atoms with E-state index in [0.717, 1.165) is 5.56 Å². The SMILES string of the molecule is O=C(Nc1cnn(Cc2ccccc2Cl)c1)c1[nH]ncc1Br. The number of nitrogens with one attached hydrogen (secondary N) is 2. The standard InChI is InChI=1S/C14H11BrClN5O/c15-11-6-17-20-13(11)14(22)19-10-5-18-21(8-10)7-9-3-1-2-4-12(9)16/h1-6,8H,7H2,(H,17,20)(H,19,22). The Morgan fingerprint density at radius 1 is 1.36 bits per heavy atom. The van der Waals surface area contributed by atoms with Crippen LogP contribution in [0.3, 0.4) is 0 Å². The van der Waals surface area contributed by atoms with E-state index in [1.807, 2.05) is 24.3 Å². The quantitative estimate of drug-likeness (QED) is 0.729. The lowest BCUT2D eigenvalue weighted by Crippen LogP contribution is -2.12. The van der Waals surface area contributed by atoms with Crippen molar-refractivity contribution < 1.29 is 4.79 Å². The fourth-order valence-electron chi connectivity index (χ4n) is 1.94. The van der Waals surface area contributed by atoms with Crippen LogP contribution in [0.25, 0.3) is 0 Å². The summed E-state index contributed by atoms with van der Waals surface area (Å²) in [6.45, 7) is 0.531. The second-order valence-corrected chi connectivity index (χ2v) is 5.83. The summed E-state index contributed by atoms with van der Waals surface area (Å²) in [4.78, 5) is 12.0. The number of aromatic amines is 1. The average molecular weight is 381 g/mol. The van der Waals surface area contributed by atoms with Gasteiger partial charge in [0.2, 0.25) is 0 Å². The molecule has 0 saturated carbocycles. The summed E-state index contributed by atoms with van der Waals surface area (Å²) >= 11 is 9.37. The van der Waals surface area contributed by atoms with Gasteiger partial charge in [-0.1, -0.05) is 29.8 Å². The molecule has 3 aromatic rings. The third-order valence-electron chi connectivity index (χ3n) is 3.00. The molecule has 8 heteroatoms. The van der Waals surface area contributed by atoms with Gasteiger partial charge in [0.15, 0.2) is 0 Å². The number of anilines is 1. The number of H-pyrrole nitrogens is 1. The number of carbonyl (C=O) groups is 1. The molecule has 22 heavy (non-hydrogen) atoms. The zero-order valence-electron chi connectivity index (χ0n) is 11.3. The van der Waals surface area contributed by atoms with Crippen molar-refractivity contribution in [3.05, 3.63) is 63.6 Å². The van der Waals surface area contributed by atoms with Crippen molar-refractivity contribution in [2.45, 2.75) is 6.54 Å². The van der Waals surface area contributed by atoms with Crippen molar-refractivity contribution in [3.63, 3.8) is 0 Å². The molecular formula is C14H11BrClN5O. The summed E-state index contributed by atoms with van der Waals surface area (Å²) in [6.07, 6.45) is 4.85. The molecule has 0 spiro atoms. The van der Waals surface area contributed by atoms with Gasteiger partial charge in [-0.2, -0.15) is 10.2 Å². The van der Waals surface area contributed by atoms with Crippen LogP contribution in [0.2, 0.25) is 5.02 Å². The van der Waals surface area contributed by atoms with Crippen LogP contribution in [0, 0.1) is 0 Å². The number of rotatable bonds is 4. The van der Waals surface area contributed by atoms with Crippen molar-refractivity contribution in [2.75, 3.05) is 5.32 Å². The molecule has 0 fully saturated rings. The zero-order chi connectivity index (χ0) is 15.5. The number of benzene rings is 1. The summed E-state index contributed by atoms with van der Waals surface area (Å²) in [5, 5.41) is 14.1. The lowest BCUT2D eigenvalue weighted by Gasteiger charge is -2.04. The Kier molecular flexibility index (Phi) is 4.26. The predicted octanol–water partition coefficient (Wildman–Crippen LogP) is 3.32. The maximum atomic E-state index is 12.0. The fourth-order valence-corrected chi connectivity index (χ4v) is 2.51. The molecule has 0 aliphatic carbocycles. The van der Waals surface area contributed by atoms with E-state index in [1.54, 1.807) is 17.1 Å². The number of halogens is 2. The van der Waals surface area contributed by atoms with Crippen LogP contribution in [0.1, 0.15) is 16.1 Å². The van der Waals surface area contributed by atoms with Crippen LogP contribution in [-0.2, 0) is 6.54 Å². The van der Waals surface area contributed by atoms with E-state index in [0.29, 0.717) is 27.4 Å². The molecule has 0 aliphatic heterocycles. The lowest BCUT2D eigenvalue weighted by molar-refractivity contribution is 0.102. The highest BCUT2D eigenvalue weighted by atomic mass is 79.9. The predicted molar refractivity (Wildman–Crippen MR) is 87.0 cm³/mol. The summed E-state index contributed by atoms with van der Waals surface area (Å²) in [5.74, 6) is -0.290. The first kappa shape index (κ1) is 14.8. The molecule has 2 heterocycles. The van der Waals surface area contributed by atoms with Crippen LogP contribution in [-0.4, -0.2) is 25.9 Å². The van der Waals surface area contributed by atoms with Gasteiger partial charge in [0, 0.05) is 11.2 Å². The van der Waals surface area contributed by atoms with Crippen LogP contribution < -0.4 is 5.32 Å². The van der Waals surface area contributed by atoms with E-state index in [4.69, 9.17) is 11.6 Å². The minimum Gasteiger partial charge on any atom is -0.318 e. The average Bonchev–Trinajstić information content (AvgIpc) is 3.10. The molecule has 112 valence electrons. The maximum absolute atomic E-state index is 12.0. The van der Waals surface area contributed by atoms with Crippen molar-refractivity contribution in [1.29, 1.82) is 0 Å². The van der Waals surface area contributed by atoms with Crippen LogP contribution in [0.5, 0.6) is 0 Å². The van der Waals surface area contributed by atoms with Gasteiger partial charge in [-0.3, -0.25) is 14.6 Å². The van der Waals surface area contributed by atoms with Gasteiger partial charge in [0.1, 0.15) is 5.69 Å². The van der Waals surface area contributed by atoms with Gasteiger partial charge in [-0.25, -0.2) is 0 Å². The first-order chi connectivity index (χ1) is 10.6. The largest absolute Gasteiger partial charge is 0.318 e. The van der Waals surface area contributed by atoms with Crippen molar-refractivity contribution in [3.8, 4) is 0 Å². The second kappa shape index (κ2) is 6.33. The van der Waals surface area contributed by atoms with Gasteiger partial charge in [0.25, 0.3) is 5.91 Å². The summed E-state index contributed by atoms with van der Waals surface area (Å²) in [5.41, 5.74) is 1.92. The van der Waals surface area contributed by atoms with Gasteiger partial charge in [-0.15, -0.1) is 0 Å². The third kappa shape index (κ3) is 3.20. The molecule has 0 aliphatic rings. The molecule has 6 nitrogen and oxygen atoms in total. The number of carbonyl (C=O) groups excluding carboxylic acids is 1. The molecule has 0 atom stereocenters. The van der Waals surface area contributed by atoms with Gasteiger partial charge < -0.3 is 5.32 Å². The Balaban J connectivity index is 1.70. The Labute approximate surface area is 139 Å². The van der Waals surface area contributed by atoms with Crippen molar-refractivity contribution in [2.24, 2.45) is 0 Å². The van der Waals surface area contributed by atoms with E-state index in [9.17, 15) is 4.79 Å². The van der Waals surface area contributed by atoms with Crippen LogP contribution in [0.15, 0.2) is 47.3 Å². The van der Waals surface area contributed by atoms with Crippen LogP contribution in [0.4, 0.5) is 5.69 Å². The summed E-state index contributed by atoms with van der Waals surface area (Å²) in [7, 11) is 0. The van der Waals surface area contributed by atoms with Crippen LogP contribution >= 0.6 is 27.5 Å². The molecule has 0 radical (unpaired) electrons. The Morgan fingerprint density at radius 2 is 2.18 bits per heavy atom. The number of hydrogen-bond donors (Lipinski definition) is 2. The van der Waals surface area contributed by atoms with E-state index >= 15 is 0 Å². The molecule has 0 unspecified atom stereocenters. The highest BCUT2D eigenvalue weighted by Crippen LogP contribution is 2.18. The Bertz CT molecular complexity index is 813. The molecule has 2 aromatic heterocycles. The Morgan fingerprint density at radius 3 is 2.91 bits per heavy atom. The van der Waals surface area contributed by atoms with Crippen molar-refractivity contribution in [1.82, 2.24) is 20.0 Å². The minimum absolute atomic E-state index is 0.290.